The van der Waals surface area contributed by atoms with Gasteiger partial charge in [-0.25, -0.2) is 13.8 Å². The van der Waals surface area contributed by atoms with Crippen LogP contribution in [0.5, 0.6) is 0 Å². The lowest BCUT2D eigenvalue weighted by atomic mass is 10.0. The number of carboxylic acid groups (broad SMARTS) is 1. The zero-order valence-corrected chi connectivity index (χ0v) is 18.4. The molecule has 1 saturated carbocycles. The summed E-state index contributed by atoms with van der Waals surface area (Å²) in [5, 5.41) is 28.7. The van der Waals surface area contributed by atoms with E-state index in [2.05, 4.69) is 0 Å². The first-order valence-corrected chi connectivity index (χ1v) is 11.2. The number of aliphatic hydroxyl groups excluding tert-OH is 2. The lowest BCUT2D eigenvalue weighted by Crippen LogP contribution is -2.19. The number of rotatable bonds is 10. The quantitative estimate of drug-likeness (QED) is 0.381. The molecule has 4 rings (SSSR count). The number of imidazole rings is 1. The monoisotopic (exact) mass is 468 g/mol. The Kier molecular flexibility index (Phi) is 7.19. The van der Waals surface area contributed by atoms with Gasteiger partial charge in [0.1, 0.15) is 17.5 Å². The number of allylic oxidation sites excluding steroid dienone is 1. The second kappa shape index (κ2) is 10.3. The van der Waals surface area contributed by atoms with Crippen LogP contribution in [-0.4, -0.2) is 43.0 Å². The van der Waals surface area contributed by atoms with Gasteiger partial charge in [-0.3, -0.25) is 4.79 Å². The van der Waals surface area contributed by atoms with Crippen molar-refractivity contribution in [2.45, 2.75) is 50.4 Å². The molecule has 3 N–H and O–H groups in total. The van der Waals surface area contributed by atoms with Crippen molar-refractivity contribution in [2.24, 2.45) is 0 Å². The lowest BCUT2D eigenvalue weighted by molar-refractivity contribution is -0.139. The number of hydrogen-bond acceptors (Lipinski definition) is 4. The number of carbonyl (C=O) groups is 1. The van der Waals surface area contributed by atoms with E-state index < -0.39 is 24.6 Å². The van der Waals surface area contributed by atoms with Crippen LogP contribution >= 0.6 is 0 Å². The Balaban J connectivity index is 1.68. The van der Waals surface area contributed by atoms with Gasteiger partial charge < -0.3 is 19.9 Å². The lowest BCUT2D eigenvalue weighted by Gasteiger charge is -2.13. The molecule has 2 aromatic carbocycles. The largest absolute Gasteiger partial charge is 0.481 e. The zero-order valence-electron chi connectivity index (χ0n) is 18.4. The number of aliphatic carboxylic acids is 1. The second-order valence-corrected chi connectivity index (χ2v) is 8.55. The van der Waals surface area contributed by atoms with Gasteiger partial charge in [-0.2, -0.15) is 0 Å². The maximum Gasteiger partial charge on any atom is 0.305 e. The van der Waals surface area contributed by atoms with Crippen molar-refractivity contribution in [3.63, 3.8) is 0 Å². The predicted octanol–water partition coefficient (Wildman–Crippen LogP) is 4.52. The fourth-order valence-corrected chi connectivity index (χ4v) is 3.98. The van der Waals surface area contributed by atoms with Crippen molar-refractivity contribution in [1.82, 2.24) is 9.55 Å². The molecule has 1 aromatic heterocycles. The summed E-state index contributed by atoms with van der Waals surface area (Å²) in [6.45, 7) is 0.360. The average Bonchev–Trinajstić information content (AvgIpc) is 3.56. The minimum atomic E-state index is -1.15. The molecule has 1 aliphatic rings. The van der Waals surface area contributed by atoms with Gasteiger partial charge in [-0.15, -0.1) is 0 Å². The van der Waals surface area contributed by atoms with Crippen LogP contribution in [0.25, 0.3) is 22.5 Å². The third kappa shape index (κ3) is 5.76. The van der Waals surface area contributed by atoms with E-state index in [1.165, 1.54) is 30.3 Å². The number of benzene rings is 2. The third-order valence-electron chi connectivity index (χ3n) is 5.74. The first-order valence-electron chi connectivity index (χ1n) is 11.2. The molecule has 34 heavy (non-hydrogen) atoms. The Hall–Kier alpha value is -3.36. The van der Waals surface area contributed by atoms with Gasteiger partial charge in [-0.05, 0) is 61.4 Å². The molecule has 1 fully saturated rings. The molecule has 0 radical (unpaired) electrons. The van der Waals surface area contributed by atoms with Crippen molar-refractivity contribution in [3.8, 4) is 22.5 Å². The molecular formula is C26H26F2N2O4. The van der Waals surface area contributed by atoms with Gasteiger partial charge in [-0.1, -0.05) is 12.2 Å². The first kappa shape index (κ1) is 23.8. The van der Waals surface area contributed by atoms with Crippen LogP contribution in [0, 0.1) is 11.6 Å². The molecule has 8 heteroatoms. The minimum Gasteiger partial charge on any atom is -0.481 e. The summed E-state index contributed by atoms with van der Waals surface area (Å²) in [7, 11) is 0. The minimum absolute atomic E-state index is 0.0894. The summed E-state index contributed by atoms with van der Waals surface area (Å²) in [6.07, 6.45) is 2.58. The van der Waals surface area contributed by atoms with Crippen LogP contribution in [0.3, 0.4) is 0 Å². The van der Waals surface area contributed by atoms with Crippen molar-refractivity contribution >= 4 is 5.97 Å². The summed E-state index contributed by atoms with van der Waals surface area (Å²) in [4.78, 5) is 15.6. The Labute approximate surface area is 195 Å². The van der Waals surface area contributed by atoms with Crippen LogP contribution in [0.1, 0.15) is 37.4 Å². The van der Waals surface area contributed by atoms with E-state index in [4.69, 9.17) is 10.1 Å². The highest BCUT2D eigenvalue weighted by Gasteiger charge is 2.31. The van der Waals surface area contributed by atoms with E-state index in [0.29, 0.717) is 12.2 Å². The molecular weight excluding hydrogens is 442 g/mol. The maximum absolute atomic E-state index is 13.6. The molecule has 0 spiro atoms. The van der Waals surface area contributed by atoms with Crippen molar-refractivity contribution in [1.29, 1.82) is 0 Å². The van der Waals surface area contributed by atoms with Gasteiger partial charge in [0.05, 0.1) is 30.0 Å². The van der Waals surface area contributed by atoms with E-state index in [9.17, 15) is 23.8 Å². The SMILES string of the molecule is O=C(O)CC(O)CC(O)/C=C/Cn1c(C2CC2)nc(-c2ccc(F)cc2)c1-c1ccc(F)cc1. The van der Waals surface area contributed by atoms with Gasteiger partial charge in [0.25, 0.3) is 0 Å². The molecule has 0 bridgehead atoms. The van der Waals surface area contributed by atoms with Crippen LogP contribution < -0.4 is 0 Å². The fourth-order valence-electron chi connectivity index (χ4n) is 3.98. The Morgan fingerprint density at radius 1 is 1.03 bits per heavy atom. The highest BCUT2D eigenvalue weighted by atomic mass is 19.1. The van der Waals surface area contributed by atoms with Crippen LogP contribution in [0.4, 0.5) is 8.78 Å². The van der Waals surface area contributed by atoms with Gasteiger partial charge in [0.15, 0.2) is 0 Å². The molecule has 3 aromatic rings. The third-order valence-corrected chi connectivity index (χ3v) is 5.74. The molecule has 0 aliphatic heterocycles. The fraction of sp³-hybridized carbons (Fsp3) is 0.308. The molecule has 0 saturated heterocycles. The molecule has 1 heterocycles. The van der Waals surface area contributed by atoms with Crippen LogP contribution in [0.2, 0.25) is 0 Å². The first-order chi connectivity index (χ1) is 16.3. The van der Waals surface area contributed by atoms with E-state index in [1.54, 1.807) is 30.3 Å². The second-order valence-electron chi connectivity index (χ2n) is 8.55. The molecule has 0 amide bonds. The summed E-state index contributed by atoms with van der Waals surface area (Å²) >= 11 is 0. The molecule has 2 atom stereocenters. The van der Waals surface area contributed by atoms with E-state index in [0.717, 1.165) is 35.5 Å². The molecule has 1 aliphatic carbocycles. The number of nitrogens with zero attached hydrogens (tertiary/aromatic N) is 2. The van der Waals surface area contributed by atoms with Gasteiger partial charge in [0, 0.05) is 30.0 Å². The Morgan fingerprint density at radius 3 is 2.18 bits per heavy atom. The molecule has 6 nitrogen and oxygen atoms in total. The van der Waals surface area contributed by atoms with Crippen molar-refractivity contribution in [2.75, 3.05) is 0 Å². The Bertz CT molecular complexity index is 1170. The number of aliphatic hydroxyl groups is 2. The van der Waals surface area contributed by atoms with Crippen molar-refractivity contribution in [3.05, 3.63) is 78.1 Å². The number of aromatic nitrogens is 2. The van der Waals surface area contributed by atoms with E-state index >= 15 is 0 Å². The predicted molar refractivity (Wildman–Crippen MR) is 123 cm³/mol. The topological polar surface area (TPSA) is 95.6 Å². The zero-order chi connectivity index (χ0) is 24.2. The molecule has 2 unspecified atom stereocenters. The van der Waals surface area contributed by atoms with E-state index in [1.807, 2.05) is 4.57 Å². The van der Waals surface area contributed by atoms with Crippen molar-refractivity contribution < 1.29 is 28.9 Å². The maximum atomic E-state index is 13.6. The van der Waals surface area contributed by atoms with Crippen LogP contribution in [0.15, 0.2) is 60.7 Å². The van der Waals surface area contributed by atoms with Gasteiger partial charge in [0.2, 0.25) is 0 Å². The number of carboxylic acids is 1. The summed E-state index contributed by atoms with van der Waals surface area (Å²) in [5.74, 6) is -0.694. The smallest absolute Gasteiger partial charge is 0.305 e. The van der Waals surface area contributed by atoms with Crippen LogP contribution in [-0.2, 0) is 11.3 Å². The summed E-state index contributed by atoms with van der Waals surface area (Å²) in [5.41, 5.74) is 2.92. The summed E-state index contributed by atoms with van der Waals surface area (Å²) < 4.78 is 29.2. The summed E-state index contributed by atoms with van der Waals surface area (Å²) in [6, 6.07) is 12.2. The normalized spacial score (nSPS) is 15.5. The molecule has 178 valence electrons. The highest BCUT2D eigenvalue weighted by Crippen LogP contribution is 2.44. The standard InChI is InChI=1S/C26H26F2N2O4/c27-19-9-5-16(6-10-19)24-25(17-7-11-20(28)12-8-17)30(26(29-24)18-3-4-18)13-1-2-21(31)14-22(32)15-23(33)34/h1-2,5-12,18,21-22,31-32H,3-4,13-15H2,(H,33,34)/b2-1+. The van der Waals surface area contributed by atoms with Gasteiger partial charge >= 0.3 is 5.97 Å². The Morgan fingerprint density at radius 2 is 1.62 bits per heavy atom. The highest BCUT2D eigenvalue weighted by molar-refractivity contribution is 5.79. The number of halogens is 2. The number of hydrogen-bond donors (Lipinski definition) is 3. The average molecular weight is 469 g/mol. The van der Waals surface area contributed by atoms with E-state index in [-0.39, 0.29) is 24.0 Å².